The summed E-state index contributed by atoms with van der Waals surface area (Å²) in [6, 6.07) is 20.4. The van der Waals surface area contributed by atoms with Crippen LogP contribution in [0.2, 0.25) is 0 Å². The predicted molar refractivity (Wildman–Crippen MR) is 144 cm³/mol. The quantitative estimate of drug-likeness (QED) is 0.439. The molecule has 0 aromatic heterocycles. The Hall–Kier alpha value is -3.99. The maximum absolute atomic E-state index is 14.5. The summed E-state index contributed by atoms with van der Waals surface area (Å²) in [4.78, 5) is 28.8. The summed E-state index contributed by atoms with van der Waals surface area (Å²) in [6.07, 6.45) is 6.13. The van der Waals surface area contributed by atoms with Crippen LogP contribution in [-0.2, 0) is 28.9 Å². The molecule has 1 atom stereocenters. The van der Waals surface area contributed by atoms with E-state index in [1.165, 1.54) is 17.7 Å². The maximum Gasteiger partial charge on any atom is 0.230 e. The fourth-order valence-electron chi connectivity index (χ4n) is 5.39. The lowest BCUT2D eigenvalue weighted by Crippen LogP contribution is -2.35. The van der Waals surface area contributed by atoms with E-state index in [0.717, 1.165) is 34.3 Å². The van der Waals surface area contributed by atoms with Gasteiger partial charge in [0.15, 0.2) is 0 Å². The highest BCUT2D eigenvalue weighted by Crippen LogP contribution is 2.37. The van der Waals surface area contributed by atoms with Gasteiger partial charge in [-0.1, -0.05) is 42.5 Å². The first-order valence-corrected chi connectivity index (χ1v) is 12.6. The van der Waals surface area contributed by atoms with Crippen molar-refractivity contribution in [2.24, 2.45) is 5.92 Å². The number of anilines is 1. The van der Waals surface area contributed by atoms with Crippen molar-refractivity contribution < 1.29 is 18.7 Å². The second-order valence-electron chi connectivity index (χ2n) is 9.83. The minimum atomic E-state index is -0.608. The van der Waals surface area contributed by atoms with Crippen LogP contribution < -0.4 is 9.64 Å². The van der Waals surface area contributed by atoms with Crippen LogP contribution in [0.1, 0.15) is 35.1 Å². The third-order valence-corrected chi connectivity index (χ3v) is 7.27. The summed E-state index contributed by atoms with van der Waals surface area (Å²) >= 11 is 0. The maximum atomic E-state index is 14.5. The van der Waals surface area contributed by atoms with E-state index in [1.807, 2.05) is 36.4 Å². The van der Waals surface area contributed by atoms with E-state index in [1.54, 1.807) is 31.2 Å². The molecule has 37 heavy (non-hydrogen) atoms. The van der Waals surface area contributed by atoms with E-state index < -0.39 is 5.92 Å². The van der Waals surface area contributed by atoms with E-state index in [2.05, 4.69) is 18.2 Å². The Morgan fingerprint density at radius 2 is 1.73 bits per heavy atom. The molecule has 0 saturated heterocycles. The summed E-state index contributed by atoms with van der Waals surface area (Å²) in [5.41, 5.74) is 6.74. The highest BCUT2D eigenvalue weighted by Gasteiger charge is 2.29. The fourth-order valence-corrected chi connectivity index (χ4v) is 5.39. The number of hydrogen-bond acceptors (Lipinski definition) is 3. The van der Waals surface area contributed by atoms with Crippen molar-refractivity contribution >= 4 is 23.0 Å². The van der Waals surface area contributed by atoms with E-state index in [9.17, 15) is 14.0 Å². The van der Waals surface area contributed by atoms with Gasteiger partial charge in [0.25, 0.3) is 0 Å². The van der Waals surface area contributed by atoms with Crippen molar-refractivity contribution in [1.29, 1.82) is 0 Å². The van der Waals surface area contributed by atoms with E-state index in [0.29, 0.717) is 24.3 Å². The zero-order chi connectivity index (χ0) is 25.9. The van der Waals surface area contributed by atoms with Gasteiger partial charge in [-0.15, -0.1) is 0 Å². The van der Waals surface area contributed by atoms with Crippen molar-refractivity contribution in [3.8, 4) is 5.75 Å². The SMILES string of the molecule is COc1ccc(N(C)C(=O)[C@H]2CC(=O)CC3=C(/C=C/Cc4cc(F)cc(c4)C2)Cc2ccccc23)cc1. The van der Waals surface area contributed by atoms with Crippen molar-refractivity contribution in [1.82, 2.24) is 0 Å². The second-order valence-corrected chi connectivity index (χ2v) is 9.83. The smallest absolute Gasteiger partial charge is 0.230 e. The van der Waals surface area contributed by atoms with Gasteiger partial charge in [-0.2, -0.15) is 0 Å². The van der Waals surface area contributed by atoms with Gasteiger partial charge in [-0.3, -0.25) is 9.59 Å². The third kappa shape index (κ3) is 5.41. The number of allylic oxidation sites excluding steroid dienone is 4. The van der Waals surface area contributed by atoms with Gasteiger partial charge < -0.3 is 9.64 Å². The molecule has 3 aromatic rings. The molecule has 5 heteroatoms. The number of ether oxygens (including phenoxy) is 1. The van der Waals surface area contributed by atoms with Crippen LogP contribution in [0.15, 0.2) is 84.5 Å². The lowest BCUT2D eigenvalue weighted by molar-refractivity contribution is -0.127. The van der Waals surface area contributed by atoms with Crippen LogP contribution in [0.25, 0.3) is 5.57 Å². The molecule has 0 aliphatic heterocycles. The number of rotatable bonds is 3. The Morgan fingerprint density at radius 1 is 0.973 bits per heavy atom. The molecule has 2 aliphatic carbocycles. The number of carbonyl (C=O) groups is 2. The van der Waals surface area contributed by atoms with Crippen LogP contribution in [-0.4, -0.2) is 25.8 Å². The first kappa shape index (κ1) is 24.7. The van der Waals surface area contributed by atoms with Crippen molar-refractivity contribution in [3.05, 3.63) is 113 Å². The molecule has 2 bridgehead atoms. The molecule has 2 aliphatic rings. The summed E-state index contributed by atoms with van der Waals surface area (Å²) in [5, 5.41) is 0. The highest BCUT2D eigenvalue weighted by molar-refractivity contribution is 6.00. The standard InChI is InChI=1S/C32H30FNO3/c1-34(27-10-12-29(37-2)13-11-27)32(36)25-15-22-14-21(16-26(33)17-22)6-5-8-24-18-23-7-3-4-9-30(23)31(24)20-28(35)19-25/h3-5,7-14,16-17,25H,6,15,18-20H2,1-2H3/b8-5+/t25-/m1/s1. The van der Waals surface area contributed by atoms with E-state index >= 15 is 0 Å². The Balaban J connectivity index is 1.50. The van der Waals surface area contributed by atoms with Gasteiger partial charge in [0.1, 0.15) is 17.3 Å². The number of Topliss-reactive ketones (excluding diaryl/α,β-unsaturated/α-hetero) is 1. The topological polar surface area (TPSA) is 46.6 Å². The Bertz CT molecular complexity index is 1400. The zero-order valence-electron chi connectivity index (χ0n) is 21.2. The number of fused-ring (bicyclic) bond motifs is 4. The number of methoxy groups -OCH3 is 1. The largest absolute Gasteiger partial charge is 0.497 e. The highest BCUT2D eigenvalue weighted by atomic mass is 19.1. The van der Waals surface area contributed by atoms with E-state index in [-0.39, 0.29) is 30.3 Å². The van der Waals surface area contributed by atoms with Gasteiger partial charge in [-0.25, -0.2) is 4.39 Å². The van der Waals surface area contributed by atoms with Crippen LogP contribution in [0.5, 0.6) is 5.75 Å². The molecular weight excluding hydrogens is 465 g/mol. The number of benzene rings is 3. The van der Waals surface area contributed by atoms with Crippen LogP contribution in [0, 0.1) is 11.7 Å². The van der Waals surface area contributed by atoms with Crippen LogP contribution in [0.3, 0.4) is 0 Å². The summed E-state index contributed by atoms with van der Waals surface area (Å²) in [7, 11) is 3.31. The molecule has 0 fully saturated rings. The monoisotopic (exact) mass is 495 g/mol. The second kappa shape index (κ2) is 10.6. The van der Waals surface area contributed by atoms with Gasteiger partial charge in [0.05, 0.1) is 7.11 Å². The Kier molecular flexibility index (Phi) is 7.04. The number of carbonyl (C=O) groups excluding carboxylic acids is 2. The first-order valence-electron chi connectivity index (χ1n) is 12.6. The van der Waals surface area contributed by atoms with Crippen molar-refractivity contribution in [2.75, 3.05) is 19.1 Å². The molecule has 0 radical (unpaired) electrons. The summed E-state index contributed by atoms with van der Waals surface area (Å²) in [5.74, 6) is -0.398. The van der Waals surface area contributed by atoms with Gasteiger partial charge in [0.2, 0.25) is 5.91 Å². The normalized spacial score (nSPS) is 18.1. The lowest BCUT2D eigenvalue weighted by Gasteiger charge is -2.24. The molecular formula is C32H30FNO3. The minimum absolute atomic E-state index is 0.00922. The Morgan fingerprint density at radius 3 is 2.51 bits per heavy atom. The van der Waals surface area contributed by atoms with E-state index in [4.69, 9.17) is 4.74 Å². The van der Waals surface area contributed by atoms with Crippen LogP contribution in [0.4, 0.5) is 10.1 Å². The number of amides is 1. The average Bonchev–Trinajstić information content (AvgIpc) is 3.24. The van der Waals surface area contributed by atoms with Crippen LogP contribution >= 0.6 is 0 Å². The van der Waals surface area contributed by atoms with Gasteiger partial charge >= 0.3 is 0 Å². The Labute approximate surface area is 217 Å². The molecule has 0 heterocycles. The molecule has 0 unspecified atom stereocenters. The molecule has 3 aromatic carbocycles. The molecule has 188 valence electrons. The molecule has 4 nitrogen and oxygen atoms in total. The fraction of sp³-hybridized carbons (Fsp3) is 0.250. The molecule has 0 saturated carbocycles. The van der Waals surface area contributed by atoms with Crippen molar-refractivity contribution in [2.45, 2.75) is 32.1 Å². The summed E-state index contributed by atoms with van der Waals surface area (Å²) < 4.78 is 19.8. The first-order chi connectivity index (χ1) is 17.9. The molecule has 1 amide bonds. The minimum Gasteiger partial charge on any atom is -0.497 e. The number of halogens is 1. The number of nitrogens with zero attached hydrogens (tertiary/aromatic N) is 1. The number of hydrogen-bond donors (Lipinski definition) is 0. The molecule has 0 spiro atoms. The number of ketones is 1. The predicted octanol–water partition coefficient (Wildman–Crippen LogP) is 6.13. The average molecular weight is 496 g/mol. The zero-order valence-corrected chi connectivity index (χ0v) is 21.2. The molecule has 5 rings (SSSR count). The van der Waals surface area contributed by atoms with Gasteiger partial charge in [0, 0.05) is 31.5 Å². The van der Waals surface area contributed by atoms with Crippen molar-refractivity contribution in [3.63, 3.8) is 0 Å². The third-order valence-electron chi connectivity index (χ3n) is 7.27. The van der Waals surface area contributed by atoms with Gasteiger partial charge in [-0.05, 0) is 89.1 Å². The lowest BCUT2D eigenvalue weighted by atomic mass is 9.89. The summed E-state index contributed by atoms with van der Waals surface area (Å²) in [6.45, 7) is 0. The molecule has 0 N–H and O–H groups in total.